The second kappa shape index (κ2) is 6.01. The highest BCUT2D eigenvalue weighted by Gasteiger charge is 2.22. The van der Waals surface area contributed by atoms with Crippen molar-refractivity contribution in [3.05, 3.63) is 28.8 Å². The maximum atomic E-state index is 11.9. The molecule has 6 nitrogen and oxygen atoms in total. The lowest BCUT2D eigenvalue weighted by Gasteiger charge is -2.23. The molecule has 1 fully saturated rings. The molecule has 0 aromatic heterocycles. The molecule has 1 aliphatic rings. The predicted molar refractivity (Wildman–Crippen MR) is 69.7 cm³/mol. The van der Waals surface area contributed by atoms with Gasteiger partial charge in [0.15, 0.2) is 0 Å². The zero-order chi connectivity index (χ0) is 13.8. The smallest absolute Gasteiger partial charge is 0.335 e. The van der Waals surface area contributed by atoms with Crippen LogP contribution in [0.1, 0.15) is 10.4 Å². The lowest BCUT2D eigenvalue weighted by atomic mass is 10.2. The number of morpholine rings is 1. The summed E-state index contributed by atoms with van der Waals surface area (Å²) in [5.74, 6) is -1.38. The Kier molecular flexibility index (Phi) is 4.36. The summed E-state index contributed by atoms with van der Waals surface area (Å²) < 4.78 is 5.18. The number of hydrogen-bond donors (Lipinski definition) is 3. The van der Waals surface area contributed by atoms with E-state index in [1.165, 1.54) is 18.2 Å². The third-order valence-electron chi connectivity index (χ3n) is 2.71. The number of amides is 1. The Morgan fingerprint density at radius 2 is 2.26 bits per heavy atom. The molecule has 0 radical (unpaired) electrons. The Labute approximate surface area is 114 Å². The minimum Gasteiger partial charge on any atom is -0.478 e. The van der Waals surface area contributed by atoms with Gasteiger partial charge < -0.3 is 20.5 Å². The molecular weight excluding hydrogens is 272 g/mol. The summed E-state index contributed by atoms with van der Waals surface area (Å²) in [4.78, 5) is 22.8. The van der Waals surface area contributed by atoms with Crippen molar-refractivity contribution in [2.45, 2.75) is 6.04 Å². The zero-order valence-corrected chi connectivity index (χ0v) is 10.7. The van der Waals surface area contributed by atoms with Crippen molar-refractivity contribution >= 4 is 29.2 Å². The molecule has 0 spiro atoms. The monoisotopic (exact) mass is 284 g/mol. The van der Waals surface area contributed by atoms with E-state index in [1.807, 2.05) is 0 Å². The fraction of sp³-hybridized carbons (Fsp3) is 0.333. The normalized spacial score (nSPS) is 18.9. The molecule has 2 rings (SSSR count). The summed E-state index contributed by atoms with van der Waals surface area (Å²) in [6, 6.07) is 3.68. The number of carboxylic acid groups (broad SMARTS) is 1. The maximum absolute atomic E-state index is 11.9. The highest BCUT2D eigenvalue weighted by molar-refractivity contribution is 6.33. The molecule has 1 aromatic rings. The van der Waals surface area contributed by atoms with Gasteiger partial charge in [-0.05, 0) is 18.2 Å². The van der Waals surface area contributed by atoms with Gasteiger partial charge in [0.05, 0.1) is 29.5 Å². The predicted octanol–water partition coefficient (Wildman–Crippen LogP) is 0.965. The lowest BCUT2D eigenvalue weighted by Crippen LogP contribution is -2.48. The van der Waals surface area contributed by atoms with Crippen LogP contribution in [0.15, 0.2) is 18.2 Å². The van der Waals surface area contributed by atoms with Crippen molar-refractivity contribution < 1.29 is 19.4 Å². The number of ether oxygens (including phenoxy) is 1. The average Bonchev–Trinajstić information content (AvgIpc) is 2.42. The van der Waals surface area contributed by atoms with Gasteiger partial charge in [-0.3, -0.25) is 4.79 Å². The van der Waals surface area contributed by atoms with Crippen molar-refractivity contribution in [1.82, 2.24) is 5.32 Å². The first-order valence-corrected chi connectivity index (χ1v) is 6.10. The first kappa shape index (κ1) is 13.8. The maximum Gasteiger partial charge on any atom is 0.335 e. The van der Waals surface area contributed by atoms with Crippen LogP contribution in [0.4, 0.5) is 5.69 Å². The van der Waals surface area contributed by atoms with Crippen LogP contribution >= 0.6 is 11.6 Å². The largest absolute Gasteiger partial charge is 0.478 e. The summed E-state index contributed by atoms with van der Waals surface area (Å²) in [5, 5.41) is 14.8. The van der Waals surface area contributed by atoms with E-state index in [2.05, 4.69) is 10.6 Å². The van der Waals surface area contributed by atoms with E-state index in [-0.39, 0.29) is 28.8 Å². The lowest BCUT2D eigenvalue weighted by molar-refractivity contribution is -0.120. The third-order valence-corrected chi connectivity index (χ3v) is 3.04. The molecule has 1 atom stereocenters. The number of nitrogens with one attached hydrogen (secondary N) is 2. The molecule has 7 heteroatoms. The summed E-state index contributed by atoms with van der Waals surface area (Å²) in [7, 11) is 0. The van der Waals surface area contributed by atoms with Gasteiger partial charge in [-0.15, -0.1) is 0 Å². The topological polar surface area (TPSA) is 87.7 Å². The molecule has 102 valence electrons. The van der Waals surface area contributed by atoms with Gasteiger partial charge in [0.25, 0.3) is 0 Å². The quantitative estimate of drug-likeness (QED) is 0.770. The summed E-state index contributed by atoms with van der Waals surface area (Å²) in [6.45, 7) is 1.45. The third kappa shape index (κ3) is 3.44. The van der Waals surface area contributed by atoms with E-state index >= 15 is 0 Å². The number of anilines is 1. The Balaban J connectivity index is 2.11. The van der Waals surface area contributed by atoms with Crippen LogP contribution in [0.5, 0.6) is 0 Å². The van der Waals surface area contributed by atoms with Crippen LogP contribution in [0.25, 0.3) is 0 Å². The van der Waals surface area contributed by atoms with Crippen LogP contribution in [0.2, 0.25) is 5.02 Å². The van der Waals surface area contributed by atoms with Crippen molar-refractivity contribution in [3.8, 4) is 0 Å². The van der Waals surface area contributed by atoms with Gasteiger partial charge >= 0.3 is 5.97 Å². The SMILES string of the molecule is O=C(O)c1ccc(Cl)c(NC(=O)C2COCCN2)c1. The Morgan fingerprint density at radius 3 is 2.89 bits per heavy atom. The van der Waals surface area contributed by atoms with Crippen molar-refractivity contribution in [1.29, 1.82) is 0 Å². The van der Waals surface area contributed by atoms with Crippen LogP contribution in [-0.2, 0) is 9.53 Å². The summed E-state index contributed by atoms with van der Waals surface area (Å²) in [5.41, 5.74) is 0.339. The highest BCUT2D eigenvalue weighted by atomic mass is 35.5. The molecule has 1 heterocycles. The molecular formula is C12H13ClN2O4. The molecule has 1 aliphatic heterocycles. The van der Waals surface area contributed by atoms with Crippen LogP contribution in [0.3, 0.4) is 0 Å². The minimum absolute atomic E-state index is 0.0625. The number of carbonyl (C=O) groups excluding carboxylic acids is 1. The number of aromatic carboxylic acids is 1. The highest BCUT2D eigenvalue weighted by Crippen LogP contribution is 2.23. The van der Waals surface area contributed by atoms with Gasteiger partial charge in [0.1, 0.15) is 6.04 Å². The van der Waals surface area contributed by atoms with Gasteiger partial charge in [-0.2, -0.15) is 0 Å². The van der Waals surface area contributed by atoms with Gasteiger partial charge in [0.2, 0.25) is 5.91 Å². The van der Waals surface area contributed by atoms with Crippen LogP contribution in [0, 0.1) is 0 Å². The Morgan fingerprint density at radius 1 is 1.47 bits per heavy atom. The van der Waals surface area contributed by atoms with Gasteiger partial charge in [-0.1, -0.05) is 11.6 Å². The average molecular weight is 285 g/mol. The fourth-order valence-corrected chi connectivity index (χ4v) is 1.87. The number of hydrogen-bond acceptors (Lipinski definition) is 4. The molecule has 1 aromatic carbocycles. The zero-order valence-electron chi connectivity index (χ0n) is 9.98. The van der Waals surface area contributed by atoms with Crippen molar-refractivity contribution in [2.75, 3.05) is 25.1 Å². The molecule has 1 amide bonds. The minimum atomic E-state index is -1.08. The van der Waals surface area contributed by atoms with Crippen molar-refractivity contribution in [2.24, 2.45) is 0 Å². The molecule has 1 saturated heterocycles. The molecule has 3 N–H and O–H groups in total. The van der Waals surface area contributed by atoms with Crippen molar-refractivity contribution in [3.63, 3.8) is 0 Å². The number of carboxylic acids is 1. The second-order valence-electron chi connectivity index (χ2n) is 4.07. The van der Waals surface area contributed by atoms with Gasteiger partial charge in [0, 0.05) is 6.54 Å². The van der Waals surface area contributed by atoms with Gasteiger partial charge in [-0.25, -0.2) is 4.79 Å². The van der Waals surface area contributed by atoms with E-state index in [4.69, 9.17) is 21.4 Å². The molecule has 0 saturated carbocycles. The Hall–Kier alpha value is -1.63. The number of benzene rings is 1. The standard InChI is InChI=1S/C12H13ClN2O4/c13-8-2-1-7(12(17)18)5-9(8)15-11(16)10-6-19-4-3-14-10/h1-2,5,10,14H,3-4,6H2,(H,15,16)(H,17,18). The number of halogens is 1. The molecule has 19 heavy (non-hydrogen) atoms. The first-order valence-electron chi connectivity index (χ1n) is 5.73. The van der Waals surface area contributed by atoms with E-state index in [0.717, 1.165) is 0 Å². The fourth-order valence-electron chi connectivity index (χ4n) is 1.71. The Bertz CT molecular complexity index is 501. The van der Waals surface area contributed by atoms with Crippen LogP contribution < -0.4 is 10.6 Å². The second-order valence-corrected chi connectivity index (χ2v) is 4.48. The van der Waals surface area contributed by atoms with E-state index in [0.29, 0.717) is 13.2 Å². The number of rotatable bonds is 3. The summed E-state index contributed by atoms with van der Waals surface area (Å²) >= 11 is 5.92. The molecule has 0 aliphatic carbocycles. The van der Waals surface area contributed by atoms with E-state index in [1.54, 1.807) is 0 Å². The summed E-state index contributed by atoms with van der Waals surface area (Å²) in [6.07, 6.45) is 0. The number of carbonyl (C=O) groups is 2. The molecule has 0 bridgehead atoms. The first-order chi connectivity index (χ1) is 9.08. The van der Waals surface area contributed by atoms with E-state index < -0.39 is 12.0 Å². The molecule has 1 unspecified atom stereocenters. The van der Waals surface area contributed by atoms with Crippen LogP contribution in [-0.4, -0.2) is 42.8 Å². The van der Waals surface area contributed by atoms with E-state index in [9.17, 15) is 9.59 Å².